The Kier molecular flexibility index (Phi) is 2.93. The highest BCUT2D eigenvalue weighted by Crippen LogP contribution is 2.43. The molecule has 0 aromatic heterocycles. The molecule has 2 rings (SSSR count). The molecular formula is C14H22N2O. The van der Waals surface area contributed by atoms with Crippen molar-refractivity contribution in [2.45, 2.75) is 46.5 Å². The van der Waals surface area contributed by atoms with Gasteiger partial charge in [0.05, 0.1) is 6.07 Å². The van der Waals surface area contributed by atoms with Crippen LogP contribution in [0.25, 0.3) is 0 Å². The van der Waals surface area contributed by atoms with E-state index in [1.54, 1.807) is 0 Å². The molecule has 0 aromatic carbocycles. The van der Waals surface area contributed by atoms with Crippen LogP contribution in [0.5, 0.6) is 0 Å². The standard InChI is InChI=1S/C14H22N2O/c1-13(2,3)11-5-8-16(9-11)12(17)14(10-15)6-4-7-14/h11H,4-9H2,1-3H3. The minimum absolute atomic E-state index is 0.0954. The maximum absolute atomic E-state index is 12.4. The zero-order valence-corrected chi connectivity index (χ0v) is 11.1. The number of hydrogen-bond donors (Lipinski definition) is 0. The number of carbonyl (C=O) groups is 1. The van der Waals surface area contributed by atoms with Crippen molar-refractivity contribution in [3.05, 3.63) is 0 Å². The lowest BCUT2D eigenvalue weighted by atomic mass is 9.69. The predicted octanol–water partition coefficient (Wildman–Crippen LogP) is 2.57. The summed E-state index contributed by atoms with van der Waals surface area (Å²) in [6.45, 7) is 8.37. The molecule has 94 valence electrons. The van der Waals surface area contributed by atoms with E-state index < -0.39 is 5.41 Å². The summed E-state index contributed by atoms with van der Waals surface area (Å²) in [4.78, 5) is 14.3. The molecule has 3 heteroatoms. The van der Waals surface area contributed by atoms with Crippen LogP contribution in [0.4, 0.5) is 0 Å². The van der Waals surface area contributed by atoms with E-state index in [9.17, 15) is 10.1 Å². The Morgan fingerprint density at radius 3 is 2.41 bits per heavy atom. The van der Waals surface area contributed by atoms with Gasteiger partial charge in [0, 0.05) is 13.1 Å². The number of amides is 1. The first-order valence-corrected chi connectivity index (χ1v) is 6.60. The second kappa shape index (κ2) is 4.01. The maximum atomic E-state index is 12.4. The van der Waals surface area contributed by atoms with E-state index in [4.69, 9.17) is 0 Å². The molecule has 0 aromatic rings. The molecule has 2 aliphatic rings. The van der Waals surface area contributed by atoms with Gasteiger partial charge in [-0.25, -0.2) is 0 Å². The second-order valence-corrected chi connectivity index (χ2v) is 6.65. The third-order valence-electron chi connectivity index (χ3n) is 4.53. The second-order valence-electron chi connectivity index (χ2n) is 6.65. The third-order valence-corrected chi connectivity index (χ3v) is 4.53. The normalized spacial score (nSPS) is 27.4. The minimum atomic E-state index is -0.660. The highest BCUT2D eigenvalue weighted by molar-refractivity contribution is 5.86. The molecule has 1 unspecified atom stereocenters. The van der Waals surface area contributed by atoms with Crippen LogP contribution in [0.2, 0.25) is 0 Å². The summed E-state index contributed by atoms with van der Waals surface area (Å²) in [7, 11) is 0. The Hall–Kier alpha value is -1.04. The van der Waals surface area contributed by atoms with Gasteiger partial charge >= 0.3 is 0 Å². The largest absolute Gasteiger partial charge is 0.341 e. The Labute approximate surface area is 104 Å². The maximum Gasteiger partial charge on any atom is 0.243 e. The van der Waals surface area contributed by atoms with Gasteiger partial charge in [-0.15, -0.1) is 0 Å². The average molecular weight is 234 g/mol. The summed E-state index contributed by atoms with van der Waals surface area (Å²) in [6, 6.07) is 2.25. The lowest BCUT2D eigenvalue weighted by Gasteiger charge is -2.37. The van der Waals surface area contributed by atoms with Crippen LogP contribution in [0.15, 0.2) is 0 Å². The van der Waals surface area contributed by atoms with Gasteiger partial charge in [-0.1, -0.05) is 20.8 Å². The Morgan fingerprint density at radius 1 is 1.41 bits per heavy atom. The van der Waals surface area contributed by atoms with Crippen LogP contribution in [-0.4, -0.2) is 23.9 Å². The molecule has 0 radical (unpaired) electrons. The number of nitriles is 1. The minimum Gasteiger partial charge on any atom is -0.341 e. The van der Waals surface area contributed by atoms with E-state index >= 15 is 0 Å². The SMILES string of the molecule is CC(C)(C)C1CCN(C(=O)C2(C#N)CCC2)C1. The predicted molar refractivity (Wildman–Crippen MR) is 66.0 cm³/mol. The van der Waals surface area contributed by atoms with Gasteiger partial charge in [-0.2, -0.15) is 5.26 Å². The van der Waals surface area contributed by atoms with Crippen molar-refractivity contribution in [2.24, 2.45) is 16.7 Å². The molecule has 1 saturated heterocycles. The third kappa shape index (κ3) is 2.06. The molecule has 1 saturated carbocycles. The molecule has 0 bridgehead atoms. The fourth-order valence-corrected chi connectivity index (χ4v) is 2.86. The quantitative estimate of drug-likeness (QED) is 0.700. The molecule has 1 heterocycles. The number of hydrogen-bond acceptors (Lipinski definition) is 2. The van der Waals surface area contributed by atoms with Gasteiger partial charge in [-0.3, -0.25) is 4.79 Å². The van der Waals surface area contributed by atoms with E-state index in [2.05, 4.69) is 26.8 Å². The van der Waals surface area contributed by atoms with Gasteiger partial charge in [-0.05, 0) is 37.0 Å². The van der Waals surface area contributed by atoms with E-state index in [1.807, 2.05) is 4.90 Å². The number of carbonyl (C=O) groups excluding carboxylic acids is 1. The van der Waals surface area contributed by atoms with Crippen LogP contribution in [0.3, 0.4) is 0 Å². The number of likely N-dealkylation sites (tertiary alicyclic amines) is 1. The Morgan fingerprint density at radius 2 is 2.06 bits per heavy atom. The molecular weight excluding hydrogens is 212 g/mol. The zero-order valence-electron chi connectivity index (χ0n) is 11.1. The first kappa shape index (κ1) is 12.4. The highest BCUT2D eigenvalue weighted by Gasteiger charge is 2.48. The van der Waals surface area contributed by atoms with Crippen molar-refractivity contribution >= 4 is 5.91 Å². The van der Waals surface area contributed by atoms with Crippen molar-refractivity contribution < 1.29 is 4.79 Å². The van der Waals surface area contributed by atoms with Crippen LogP contribution in [0.1, 0.15) is 46.5 Å². The molecule has 3 nitrogen and oxygen atoms in total. The molecule has 2 fully saturated rings. The van der Waals surface area contributed by atoms with E-state index in [-0.39, 0.29) is 11.3 Å². The molecule has 1 aliphatic heterocycles. The van der Waals surface area contributed by atoms with Crippen molar-refractivity contribution in [1.82, 2.24) is 4.90 Å². The zero-order chi connectivity index (χ0) is 12.7. The summed E-state index contributed by atoms with van der Waals surface area (Å²) in [5.41, 5.74) is -0.402. The van der Waals surface area contributed by atoms with Crippen LogP contribution in [-0.2, 0) is 4.79 Å². The monoisotopic (exact) mass is 234 g/mol. The van der Waals surface area contributed by atoms with E-state index in [0.29, 0.717) is 5.92 Å². The Balaban J connectivity index is 2.02. The molecule has 0 N–H and O–H groups in total. The lowest BCUT2D eigenvalue weighted by molar-refractivity contribution is -0.142. The lowest BCUT2D eigenvalue weighted by Crippen LogP contribution is -2.46. The van der Waals surface area contributed by atoms with Gasteiger partial charge in [0.2, 0.25) is 5.91 Å². The average Bonchev–Trinajstić information content (AvgIpc) is 2.64. The van der Waals surface area contributed by atoms with Crippen LogP contribution < -0.4 is 0 Å². The van der Waals surface area contributed by atoms with E-state index in [0.717, 1.165) is 38.8 Å². The molecule has 1 atom stereocenters. The summed E-state index contributed by atoms with van der Waals surface area (Å²) in [5.74, 6) is 0.667. The topological polar surface area (TPSA) is 44.1 Å². The summed E-state index contributed by atoms with van der Waals surface area (Å²) >= 11 is 0. The highest BCUT2D eigenvalue weighted by atomic mass is 16.2. The van der Waals surface area contributed by atoms with E-state index in [1.165, 1.54) is 0 Å². The summed E-state index contributed by atoms with van der Waals surface area (Å²) < 4.78 is 0. The number of nitrogens with zero attached hydrogens (tertiary/aromatic N) is 2. The molecule has 1 amide bonds. The van der Waals surface area contributed by atoms with Crippen molar-refractivity contribution in [1.29, 1.82) is 5.26 Å². The smallest absolute Gasteiger partial charge is 0.243 e. The van der Waals surface area contributed by atoms with Gasteiger partial charge in [0.15, 0.2) is 0 Å². The molecule has 1 aliphatic carbocycles. The van der Waals surface area contributed by atoms with Gasteiger partial charge < -0.3 is 4.90 Å². The molecule has 0 spiro atoms. The fraction of sp³-hybridized carbons (Fsp3) is 0.857. The van der Waals surface area contributed by atoms with Crippen molar-refractivity contribution in [2.75, 3.05) is 13.1 Å². The first-order chi connectivity index (χ1) is 7.89. The first-order valence-electron chi connectivity index (χ1n) is 6.60. The van der Waals surface area contributed by atoms with Crippen molar-refractivity contribution in [3.63, 3.8) is 0 Å². The van der Waals surface area contributed by atoms with Crippen LogP contribution >= 0.6 is 0 Å². The summed E-state index contributed by atoms with van der Waals surface area (Å²) in [6.07, 6.45) is 3.63. The number of rotatable bonds is 1. The van der Waals surface area contributed by atoms with Crippen LogP contribution in [0, 0.1) is 28.1 Å². The fourth-order valence-electron chi connectivity index (χ4n) is 2.86. The van der Waals surface area contributed by atoms with Gasteiger partial charge in [0.25, 0.3) is 0 Å². The molecule has 17 heavy (non-hydrogen) atoms. The van der Waals surface area contributed by atoms with Gasteiger partial charge in [0.1, 0.15) is 5.41 Å². The Bertz CT molecular complexity index is 357. The van der Waals surface area contributed by atoms with Crippen molar-refractivity contribution in [3.8, 4) is 6.07 Å². The summed E-state index contributed by atoms with van der Waals surface area (Å²) in [5, 5.41) is 9.20.